The molecular weight excluding hydrogens is 621 g/mol. The van der Waals surface area contributed by atoms with Gasteiger partial charge in [-0.25, -0.2) is 0 Å². The van der Waals surface area contributed by atoms with Gasteiger partial charge in [-0.3, -0.25) is 0 Å². The van der Waals surface area contributed by atoms with Crippen molar-refractivity contribution in [2.75, 3.05) is 0 Å². The van der Waals surface area contributed by atoms with Crippen molar-refractivity contribution in [3.05, 3.63) is 77.9 Å². The minimum absolute atomic E-state index is 0.590. The van der Waals surface area contributed by atoms with Crippen LogP contribution in [0.3, 0.4) is 0 Å². The predicted octanol–water partition coefficient (Wildman–Crippen LogP) is 7.18. The third kappa shape index (κ3) is 5.12. The summed E-state index contributed by atoms with van der Waals surface area (Å²) in [5, 5.41) is 6.36. The fraction of sp³-hybridized carbons (Fsp3) is 0.240. The number of nitrogens with zero attached hydrogens (tertiary/aromatic N) is 2. The van der Waals surface area contributed by atoms with Crippen LogP contribution >= 0.6 is 28.4 Å². The summed E-state index contributed by atoms with van der Waals surface area (Å²) < 4.78 is 9.64. The number of benzene rings is 3. The van der Waals surface area contributed by atoms with Gasteiger partial charge in [0.1, 0.15) is 0 Å². The Morgan fingerprint density at radius 2 is 1.77 bits per heavy atom. The Hall–Kier alpha value is -1.11. The maximum absolute atomic E-state index is 6.07. The third-order valence-corrected chi connectivity index (χ3v) is 12.5. The van der Waals surface area contributed by atoms with Gasteiger partial charge in [-0.05, 0) is 0 Å². The number of aromatic nitrogens is 2. The molecule has 0 aliphatic carbocycles. The van der Waals surface area contributed by atoms with Gasteiger partial charge in [0.2, 0.25) is 0 Å². The van der Waals surface area contributed by atoms with Crippen LogP contribution in [0.25, 0.3) is 22.0 Å². The van der Waals surface area contributed by atoms with Gasteiger partial charge in [0, 0.05) is 0 Å². The Kier molecular flexibility index (Phi) is 7.29. The van der Waals surface area contributed by atoms with Gasteiger partial charge in [-0.2, -0.15) is 0 Å². The second-order valence-corrected chi connectivity index (χ2v) is 25.0. The summed E-state index contributed by atoms with van der Waals surface area (Å²) in [4.78, 5) is 7.32. The van der Waals surface area contributed by atoms with E-state index in [-0.39, 0.29) is 0 Å². The number of rotatable bonds is 7. The molecule has 1 aromatic heterocycles. The zero-order valence-corrected chi connectivity index (χ0v) is 24.5. The third-order valence-electron chi connectivity index (χ3n) is 5.49. The Labute approximate surface area is 203 Å². The van der Waals surface area contributed by atoms with Crippen LogP contribution in [-0.2, 0) is 13.0 Å². The van der Waals surface area contributed by atoms with Crippen LogP contribution in [0.4, 0.5) is 0 Å². The fourth-order valence-corrected chi connectivity index (χ4v) is 9.73. The van der Waals surface area contributed by atoms with Crippen molar-refractivity contribution >= 4 is 61.4 Å². The molecule has 0 aliphatic heterocycles. The van der Waals surface area contributed by atoms with E-state index in [9.17, 15) is 0 Å². The van der Waals surface area contributed by atoms with Crippen LogP contribution in [0.2, 0.25) is 14.8 Å². The fourth-order valence-electron chi connectivity index (χ4n) is 3.88. The molecule has 160 valence electrons. The van der Waals surface area contributed by atoms with Crippen molar-refractivity contribution in [3.8, 4) is 16.9 Å². The van der Waals surface area contributed by atoms with Gasteiger partial charge in [0.25, 0.3) is 0 Å². The molecule has 3 aromatic carbocycles. The first-order valence-corrected chi connectivity index (χ1v) is 24.7. The Morgan fingerprint density at radius 1 is 1.00 bits per heavy atom. The first kappa shape index (κ1) is 23.1. The molecule has 0 aliphatic rings. The van der Waals surface area contributed by atoms with Crippen LogP contribution in [0.5, 0.6) is 5.75 Å². The van der Waals surface area contributed by atoms with E-state index in [1.807, 2.05) is 18.2 Å². The zero-order chi connectivity index (χ0) is 22.0. The van der Waals surface area contributed by atoms with Gasteiger partial charge in [0.15, 0.2) is 0 Å². The second-order valence-electron chi connectivity index (χ2n) is 8.77. The van der Waals surface area contributed by atoms with Crippen LogP contribution in [-0.4, -0.2) is 27.9 Å². The molecule has 3 nitrogen and oxygen atoms in total. The van der Waals surface area contributed by atoms with E-state index < -0.39 is 18.4 Å². The molecule has 4 aromatic rings. The van der Waals surface area contributed by atoms with Gasteiger partial charge in [-0.1, -0.05) is 30.3 Å². The number of ether oxygens (including phenoxy) is 1. The van der Waals surface area contributed by atoms with Crippen molar-refractivity contribution in [3.63, 3.8) is 0 Å². The molecule has 31 heavy (non-hydrogen) atoms. The Morgan fingerprint density at radius 3 is 2.45 bits per heavy atom. The van der Waals surface area contributed by atoms with Crippen molar-refractivity contribution in [1.82, 2.24) is 9.55 Å². The summed E-state index contributed by atoms with van der Waals surface area (Å²) >= 11 is 0.158. The first-order chi connectivity index (χ1) is 14.9. The quantitative estimate of drug-likeness (QED) is 0.121. The summed E-state index contributed by atoms with van der Waals surface area (Å²) in [7, 11) is 0. The number of hydrogen-bond acceptors (Lipinski definition) is 2. The average molecular weight is 649 g/mol. The second kappa shape index (κ2) is 9.80. The van der Waals surface area contributed by atoms with E-state index in [0.29, 0.717) is 13.0 Å². The van der Waals surface area contributed by atoms with Gasteiger partial charge >= 0.3 is 175 Å². The van der Waals surface area contributed by atoms with Crippen LogP contribution in [0.1, 0.15) is 18.1 Å². The van der Waals surface area contributed by atoms with Crippen LogP contribution in [0, 0.1) is 0 Å². The Balaban J connectivity index is 1.68. The SMILES string of the molecule is CCc1cc(OCc2ccccc2)ccc1-c1ccc2[c]([Sn]([CH3])([CH3])[CH3])nn(PI)c2c1. The molecule has 0 fully saturated rings. The van der Waals surface area contributed by atoms with E-state index in [1.165, 1.54) is 36.9 Å². The summed E-state index contributed by atoms with van der Waals surface area (Å²) in [5.74, 6) is 0.924. The van der Waals surface area contributed by atoms with E-state index >= 15 is 0 Å². The molecule has 1 unspecified atom stereocenters. The molecule has 1 atom stereocenters. The van der Waals surface area contributed by atoms with E-state index in [0.717, 1.165) is 12.2 Å². The number of aryl methyl sites for hydroxylation is 1. The number of halogens is 1. The molecule has 1 heterocycles. The predicted molar refractivity (Wildman–Crippen MR) is 146 cm³/mol. The van der Waals surface area contributed by atoms with E-state index in [4.69, 9.17) is 9.84 Å². The van der Waals surface area contributed by atoms with Crippen molar-refractivity contribution in [2.45, 2.75) is 34.8 Å². The molecular formula is C25H28IN2OPSn. The maximum atomic E-state index is 6.07. The molecule has 0 radical (unpaired) electrons. The molecule has 0 N–H and O–H groups in total. The minimum atomic E-state index is -2.28. The first-order valence-electron chi connectivity index (χ1n) is 10.6. The normalized spacial score (nSPS) is 12.2. The molecule has 0 saturated carbocycles. The molecule has 0 saturated heterocycles. The van der Waals surface area contributed by atoms with E-state index in [2.05, 4.69) is 96.8 Å². The zero-order valence-electron chi connectivity index (χ0n) is 18.4. The molecule has 4 rings (SSSR count). The summed E-state index contributed by atoms with van der Waals surface area (Å²) in [5.41, 5.74) is 6.29. The van der Waals surface area contributed by atoms with Crippen LogP contribution in [0.15, 0.2) is 66.7 Å². The monoisotopic (exact) mass is 650 g/mol. The van der Waals surface area contributed by atoms with Crippen molar-refractivity contribution in [2.24, 2.45) is 0 Å². The average Bonchev–Trinajstić information content (AvgIpc) is 3.16. The molecule has 0 spiro atoms. The van der Waals surface area contributed by atoms with Gasteiger partial charge in [0.05, 0.1) is 0 Å². The van der Waals surface area contributed by atoms with Gasteiger partial charge < -0.3 is 0 Å². The number of hydrogen-bond donors (Lipinski definition) is 0. The van der Waals surface area contributed by atoms with Crippen LogP contribution < -0.4 is 8.45 Å². The van der Waals surface area contributed by atoms with E-state index in [1.54, 1.807) is 0 Å². The molecule has 6 heteroatoms. The standard InChI is InChI=1S/C22H19IN2OP.3CH3.Sn/c1-2-17-12-20(26-15-16-6-4-3-5-7-16)10-11-21(17)18-8-9-19-14-24-25(27-23)22(19)13-18;;;;/h3-13,27H,2,15H2,1H3;3*1H3;. The van der Waals surface area contributed by atoms with Crippen molar-refractivity contribution < 1.29 is 4.74 Å². The summed E-state index contributed by atoms with van der Waals surface area (Å²) in [6, 6.07) is 23.7. The van der Waals surface area contributed by atoms with Gasteiger partial charge in [-0.15, -0.1) is 0 Å². The Bertz CT molecular complexity index is 1200. The summed E-state index contributed by atoms with van der Waals surface area (Å²) in [6.07, 6.45) is 1.57. The summed E-state index contributed by atoms with van der Waals surface area (Å²) in [6.45, 7) is 2.80. The number of fused-ring (bicyclic) bond motifs is 1. The topological polar surface area (TPSA) is 27.1 Å². The van der Waals surface area contributed by atoms with Crippen molar-refractivity contribution in [1.29, 1.82) is 0 Å². The molecule has 0 bridgehead atoms. The molecule has 0 amide bonds.